The zero-order valence-electron chi connectivity index (χ0n) is 13.7. The minimum Gasteiger partial charge on any atom is -0.496 e. The molecular formula is C16H22O8. The number of aliphatic hydroxyl groups excluding tert-OH is 4. The molecule has 0 bridgehead atoms. The monoisotopic (exact) mass is 342 g/mol. The SMILES string of the molecule is COc1cc(OC)c(C2OC(CO)C(O)C(O)C2O)cc1C(C)=O. The average molecular weight is 342 g/mol. The molecule has 1 aromatic rings. The van der Waals surface area contributed by atoms with Crippen molar-refractivity contribution < 1.29 is 39.4 Å². The summed E-state index contributed by atoms with van der Waals surface area (Å²) >= 11 is 0. The zero-order valence-corrected chi connectivity index (χ0v) is 13.7. The average Bonchev–Trinajstić information content (AvgIpc) is 2.58. The first-order valence-corrected chi connectivity index (χ1v) is 7.43. The van der Waals surface area contributed by atoms with Crippen molar-refractivity contribution in [1.82, 2.24) is 0 Å². The molecule has 0 spiro atoms. The number of methoxy groups -OCH3 is 2. The van der Waals surface area contributed by atoms with E-state index in [1.807, 2.05) is 0 Å². The predicted molar refractivity (Wildman–Crippen MR) is 82.3 cm³/mol. The Morgan fingerprint density at radius 3 is 2.21 bits per heavy atom. The normalized spacial score (nSPS) is 30.0. The van der Waals surface area contributed by atoms with Gasteiger partial charge in [-0.15, -0.1) is 0 Å². The zero-order chi connectivity index (χ0) is 18.0. The Hall–Kier alpha value is -1.71. The van der Waals surface area contributed by atoms with Gasteiger partial charge in [0.25, 0.3) is 0 Å². The Morgan fingerprint density at radius 1 is 1.08 bits per heavy atom. The van der Waals surface area contributed by atoms with Gasteiger partial charge in [-0.3, -0.25) is 4.79 Å². The summed E-state index contributed by atoms with van der Waals surface area (Å²) in [6.45, 7) is 0.820. The standard InChI is InChI=1S/C16H22O8/c1-7(18)8-4-9(11(23-3)5-10(8)22-2)16-15(21)14(20)13(19)12(6-17)24-16/h4-5,12-17,19-21H,6H2,1-3H3. The number of ketones is 1. The quantitative estimate of drug-likeness (QED) is 0.524. The smallest absolute Gasteiger partial charge is 0.163 e. The van der Waals surface area contributed by atoms with Crippen molar-refractivity contribution in [3.63, 3.8) is 0 Å². The van der Waals surface area contributed by atoms with Gasteiger partial charge in [0.1, 0.15) is 42.0 Å². The van der Waals surface area contributed by atoms with Gasteiger partial charge in [-0.25, -0.2) is 0 Å². The van der Waals surface area contributed by atoms with Crippen LogP contribution in [0.25, 0.3) is 0 Å². The van der Waals surface area contributed by atoms with Crippen molar-refractivity contribution >= 4 is 5.78 Å². The minimum absolute atomic E-state index is 0.255. The van der Waals surface area contributed by atoms with Gasteiger partial charge in [-0.2, -0.15) is 0 Å². The van der Waals surface area contributed by atoms with E-state index in [2.05, 4.69) is 0 Å². The first kappa shape index (κ1) is 18.6. The van der Waals surface area contributed by atoms with Crippen LogP contribution in [0.1, 0.15) is 28.9 Å². The van der Waals surface area contributed by atoms with Gasteiger partial charge in [0.05, 0.1) is 26.4 Å². The Kier molecular flexibility index (Phi) is 5.79. The maximum atomic E-state index is 11.8. The van der Waals surface area contributed by atoms with Crippen molar-refractivity contribution in [3.05, 3.63) is 23.3 Å². The first-order valence-electron chi connectivity index (χ1n) is 7.43. The fraction of sp³-hybridized carbons (Fsp3) is 0.562. The molecule has 0 saturated carbocycles. The number of ether oxygens (including phenoxy) is 3. The Labute approximate surface area is 139 Å². The molecule has 1 aliphatic rings. The van der Waals surface area contributed by atoms with Crippen molar-refractivity contribution in [2.45, 2.75) is 37.4 Å². The second-order valence-corrected chi connectivity index (χ2v) is 5.60. The third-order valence-electron chi connectivity index (χ3n) is 4.13. The van der Waals surface area contributed by atoms with Crippen molar-refractivity contribution in [1.29, 1.82) is 0 Å². The molecular weight excluding hydrogens is 320 g/mol. The molecule has 1 aliphatic heterocycles. The molecule has 1 fully saturated rings. The fourth-order valence-electron chi connectivity index (χ4n) is 2.78. The van der Waals surface area contributed by atoms with Crippen LogP contribution < -0.4 is 9.47 Å². The summed E-state index contributed by atoms with van der Waals surface area (Å²) in [7, 11) is 2.81. The molecule has 24 heavy (non-hydrogen) atoms. The number of hydrogen-bond acceptors (Lipinski definition) is 8. The molecule has 8 heteroatoms. The lowest BCUT2D eigenvalue weighted by Crippen LogP contribution is -2.55. The lowest BCUT2D eigenvalue weighted by atomic mass is 9.89. The molecule has 0 aromatic heterocycles. The summed E-state index contributed by atoms with van der Waals surface area (Å²) in [4.78, 5) is 11.8. The van der Waals surface area contributed by atoms with E-state index in [0.29, 0.717) is 11.3 Å². The summed E-state index contributed by atoms with van der Waals surface area (Å²) < 4.78 is 16.0. The third kappa shape index (κ3) is 3.24. The topological polar surface area (TPSA) is 126 Å². The largest absolute Gasteiger partial charge is 0.496 e. The molecule has 1 aromatic carbocycles. The van der Waals surface area contributed by atoms with Crippen LogP contribution in [0, 0.1) is 0 Å². The number of hydrogen-bond donors (Lipinski definition) is 4. The molecule has 1 heterocycles. The highest BCUT2D eigenvalue weighted by Gasteiger charge is 2.45. The Morgan fingerprint density at radius 2 is 1.71 bits per heavy atom. The molecule has 134 valence electrons. The van der Waals surface area contributed by atoms with Gasteiger partial charge in [0.15, 0.2) is 5.78 Å². The highest BCUT2D eigenvalue weighted by molar-refractivity contribution is 5.97. The molecule has 2 rings (SSSR count). The number of aliphatic hydroxyl groups is 4. The van der Waals surface area contributed by atoms with Crippen LogP contribution in [0.5, 0.6) is 11.5 Å². The molecule has 5 unspecified atom stereocenters. The lowest BCUT2D eigenvalue weighted by molar-refractivity contribution is -0.232. The highest BCUT2D eigenvalue weighted by atomic mass is 16.5. The second kappa shape index (κ2) is 7.45. The third-order valence-corrected chi connectivity index (χ3v) is 4.13. The highest BCUT2D eigenvalue weighted by Crippen LogP contribution is 2.40. The summed E-state index contributed by atoms with van der Waals surface area (Å²) in [6.07, 6.45) is -6.60. The number of benzene rings is 1. The van der Waals surface area contributed by atoms with E-state index in [4.69, 9.17) is 14.2 Å². The molecule has 5 atom stereocenters. The molecule has 8 nitrogen and oxygen atoms in total. The van der Waals surface area contributed by atoms with Gasteiger partial charge < -0.3 is 34.6 Å². The van der Waals surface area contributed by atoms with Crippen LogP contribution in [0.3, 0.4) is 0 Å². The van der Waals surface area contributed by atoms with Crippen LogP contribution in [0.4, 0.5) is 0 Å². The van der Waals surface area contributed by atoms with Gasteiger partial charge in [0, 0.05) is 11.6 Å². The second-order valence-electron chi connectivity index (χ2n) is 5.60. The van der Waals surface area contributed by atoms with E-state index in [9.17, 15) is 25.2 Å². The summed E-state index contributed by atoms with van der Waals surface area (Å²) in [5, 5.41) is 39.4. The molecule has 0 radical (unpaired) electrons. The number of carbonyl (C=O) groups excluding carboxylic acids is 1. The summed E-state index contributed by atoms with van der Waals surface area (Å²) in [5.74, 6) is 0.314. The van der Waals surface area contributed by atoms with Crippen LogP contribution >= 0.6 is 0 Å². The maximum absolute atomic E-state index is 11.8. The molecule has 1 saturated heterocycles. The summed E-state index contributed by atoms with van der Waals surface area (Å²) in [6, 6.07) is 2.93. The van der Waals surface area contributed by atoms with E-state index < -0.39 is 37.1 Å². The van der Waals surface area contributed by atoms with Crippen molar-refractivity contribution in [3.8, 4) is 11.5 Å². The van der Waals surface area contributed by atoms with Crippen LogP contribution in [-0.2, 0) is 4.74 Å². The summed E-state index contributed by atoms with van der Waals surface area (Å²) in [5.41, 5.74) is 0.561. The number of Topliss-reactive ketones (excluding diaryl/α,β-unsaturated/α-hetero) is 1. The molecule has 4 N–H and O–H groups in total. The van der Waals surface area contributed by atoms with Gasteiger partial charge in [-0.1, -0.05) is 0 Å². The molecule has 0 amide bonds. The first-order chi connectivity index (χ1) is 11.3. The molecule has 0 aliphatic carbocycles. The van der Waals surface area contributed by atoms with E-state index in [-0.39, 0.29) is 17.1 Å². The van der Waals surface area contributed by atoms with Crippen LogP contribution in [0.15, 0.2) is 12.1 Å². The van der Waals surface area contributed by atoms with Gasteiger partial charge >= 0.3 is 0 Å². The van der Waals surface area contributed by atoms with Crippen molar-refractivity contribution in [2.24, 2.45) is 0 Å². The fourth-order valence-corrected chi connectivity index (χ4v) is 2.78. The van der Waals surface area contributed by atoms with Gasteiger partial charge in [0.2, 0.25) is 0 Å². The van der Waals surface area contributed by atoms with E-state index in [1.54, 1.807) is 0 Å². The minimum atomic E-state index is -1.52. The van der Waals surface area contributed by atoms with Crippen LogP contribution in [0.2, 0.25) is 0 Å². The number of rotatable bonds is 5. The Bertz CT molecular complexity index is 600. The van der Waals surface area contributed by atoms with E-state index >= 15 is 0 Å². The van der Waals surface area contributed by atoms with Gasteiger partial charge in [-0.05, 0) is 13.0 Å². The Balaban J connectivity index is 2.53. The maximum Gasteiger partial charge on any atom is 0.163 e. The lowest BCUT2D eigenvalue weighted by Gasteiger charge is -2.40. The number of carbonyl (C=O) groups is 1. The van der Waals surface area contributed by atoms with E-state index in [1.165, 1.54) is 33.3 Å². The van der Waals surface area contributed by atoms with E-state index in [0.717, 1.165) is 0 Å². The van der Waals surface area contributed by atoms with Crippen molar-refractivity contribution in [2.75, 3.05) is 20.8 Å². The predicted octanol–water partition coefficient (Wildman–Crippen LogP) is -0.579. The van der Waals surface area contributed by atoms with Crippen LogP contribution in [-0.4, -0.2) is 71.5 Å².